The van der Waals surface area contributed by atoms with Crippen molar-refractivity contribution in [1.82, 2.24) is 15.5 Å². The van der Waals surface area contributed by atoms with Crippen LogP contribution in [0.4, 0.5) is 13.2 Å². The van der Waals surface area contributed by atoms with Crippen LogP contribution in [-0.2, 0) is 6.18 Å². The van der Waals surface area contributed by atoms with Crippen molar-refractivity contribution < 1.29 is 13.2 Å². The summed E-state index contributed by atoms with van der Waals surface area (Å²) in [7, 11) is 0. The smallest absolute Gasteiger partial charge is 0.405 e. The second kappa shape index (κ2) is 8.08. The second-order valence-corrected chi connectivity index (χ2v) is 7.20. The van der Waals surface area contributed by atoms with Gasteiger partial charge in [-0.3, -0.25) is 5.10 Å². The van der Waals surface area contributed by atoms with Crippen molar-refractivity contribution in [3.63, 3.8) is 0 Å². The first-order valence-electron chi connectivity index (χ1n) is 9.26. The summed E-state index contributed by atoms with van der Waals surface area (Å²) in [5.41, 5.74) is 5.31. The molecule has 1 aliphatic carbocycles. The summed E-state index contributed by atoms with van der Waals surface area (Å²) in [5, 5.41) is 10.2. The highest BCUT2D eigenvalue weighted by Gasteiger charge is 2.33. The van der Waals surface area contributed by atoms with Crippen LogP contribution in [0.2, 0.25) is 0 Å². The Balaban J connectivity index is 1.90. The fourth-order valence-corrected chi connectivity index (χ4v) is 3.55. The third-order valence-corrected chi connectivity index (χ3v) is 5.04. The van der Waals surface area contributed by atoms with Crippen LogP contribution in [0.1, 0.15) is 43.9 Å². The number of hydrogen-bond donors (Lipinski definition) is 3. The van der Waals surface area contributed by atoms with Gasteiger partial charge in [-0.05, 0) is 49.9 Å². The zero-order chi connectivity index (χ0) is 20.3. The number of nitrogens with one attached hydrogen (secondary N) is 2. The molecular formula is C20H24F3N5. The van der Waals surface area contributed by atoms with E-state index in [0.29, 0.717) is 28.7 Å². The highest BCUT2D eigenvalue weighted by atomic mass is 19.4. The monoisotopic (exact) mass is 391 g/mol. The molecule has 2 aromatic rings. The van der Waals surface area contributed by atoms with E-state index in [-0.39, 0.29) is 5.52 Å². The number of aromatic amines is 1. The number of H-pyrrole nitrogens is 1. The number of allylic oxidation sites excluding steroid dienone is 1. The van der Waals surface area contributed by atoms with Gasteiger partial charge < -0.3 is 11.1 Å². The van der Waals surface area contributed by atoms with E-state index in [1.165, 1.54) is 18.3 Å². The molecule has 4 N–H and O–H groups in total. The molecule has 1 fully saturated rings. The van der Waals surface area contributed by atoms with Gasteiger partial charge in [0.05, 0.1) is 16.8 Å². The Morgan fingerprint density at radius 1 is 1.32 bits per heavy atom. The van der Waals surface area contributed by atoms with Crippen LogP contribution in [0.25, 0.3) is 10.9 Å². The lowest BCUT2D eigenvalue weighted by Crippen LogP contribution is -2.31. The van der Waals surface area contributed by atoms with Crippen LogP contribution >= 0.6 is 0 Å². The second-order valence-electron chi connectivity index (χ2n) is 7.20. The van der Waals surface area contributed by atoms with Crippen LogP contribution in [-0.4, -0.2) is 22.0 Å². The van der Waals surface area contributed by atoms with E-state index in [9.17, 15) is 13.2 Å². The standard InChI is InChI=1S/C20H24F3N5/c1-12-6-8-14(9-7-12)25-13(2)26-17(10-11-24)19-15-4-3-5-16(20(21,22)23)18(15)27-28-19/h3-5,10-12,14,25H,2,6-9,24H2,1H3,(H,27,28)/b11-10-,26-17+/t12-,14-. The van der Waals surface area contributed by atoms with Gasteiger partial charge in [-0.15, -0.1) is 0 Å². The minimum atomic E-state index is -4.48. The third kappa shape index (κ3) is 4.37. The van der Waals surface area contributed by atoms with Gasteiger partial charge in [0.1, 0.15) is 11.5 Å². The normalized spacial score (nSPS) is 21.4. The number of aliphatic imine (C=N–C) groups is 1. The first kappa shape index (κ1) is 20.0. The Morgan fingerprint density at radius 2 is 2.04 bits per heavy atom. The van der Waals surface area contributed by atoms with Gasteiger partial charge in [0, 0.05) is 11.4 Å². The van der Waals surface area contributed by atoms with E-state index >= 15 is 0 Å². The van der Waals surface area contributed by atoms with E-state index in [4.69, 9.17) is 5.73 Å². The summed E-state index contributed by atoms with van der Waals surface area (Å²) in [6.07, 6.45) is 2.68. The molecule has 0 saturated heterocycles. The fraction of sp³-hybridized carbons (Fsp3) is 0.400. The summed E-state index contributed by atoms with van der Waals surface area (Å²) in [6, 6.07) is 4.24. The highest BCUT2D eigenvalue weighted by Crippen LogP contribution is 2.34. The van der Waals surface area contributed by atoms with Gasteiger partial charge in [0.15, 0.2) is 0 Å². The first-order chi connectivity index (χ1) is 13.3. The third-order valence-electron chi connectivity index (χ3n) is 5.04. The van der Waals surface area contributed by atoms with Crippen molar-refractivity contribution in [1.29, 1.82) is 0 Å². The van der Waals surface area contributed by atoms with Crippen molar-refractivity contribution >= 4 is 16.6 Å². The lowest BCUT2D eigenvalue weighted by atomic mass is 9.87. The van der Waals surface area contributed by atoms with E-state index in [1.807, 2.05) is 0 Å². The number of alkyl halides is 3. The topological polar surface area (TPSA) is 79.1 Å². The number of fused-ring (bicyclic) bond motifs is 1. The zero-order valence-corrected chi connectivity index (χ0v) is 15.7. The lowest BCUT2D eigenvalue weighted by molar-refractivity contribution is -0.136. The Hall–Kier alpha value is -2.77. The van der Waals surface area contributed by atoms with Crippen molar-refractivity contribution in [3.8, 4) is 0 Å². The number of hydrogen-bond acceptors (Lipinski definition) is 4. The number of para-hydroxylation sites is 1. The molecule has 0 radical (unpaired) electrons. The molecule has 0 atom stereocenters. The van der Waals surface area contributed by atoms with Crippen molar-refractivity contribution in [2.45, 2.75) is 44.8 Å². The average molecular weight is 391 g/mol. The minimum Gasteiger partial charge on any atom is -0.405 e. The molecule has 0 bridgehead atoms. The molecule has 8 heteroatoms. The van der Waals surface area contributed by atoms with Gasteiger partial charge in [-0.2, -0.15) is 18.3 Å². The summed E-state index contributed by atoms with van der Waals surface area (Å²) >= 11 is 0. The van der Waals surface area contributed by atoms with Crippen molar-refractivity contribution in [2.24, 2.45) is 16.6 Å². The van der Waals surface area contributed by atoms with E-state index < -0.39 is 11.7 Å². The maximum absolute atomic E-state index is 13.2. The Labute approximate surface area is 161 Å². The number of halogens is 3. The fourth-order valence-electron chi connectivity index (χ4n) is 3.55. The summed E-state index contributed by atoms with van der Waals surface area (Å²) in [5.74, 6) is 1.17. The van der Waals surface area contributed by atoms with Gasteiger partial charge in [0.2, 0.25) is 0 Å². The van der Waals surface area contributed by atoms with Crippen LogP contribution in [0.5, 0.6) is 0 Å². The van der Waals surface area contributed by atoms with Crippen LogP contribution < -0.4 is 11.1 Å². The van der Waals surface area contributed by atoms with E-state index in [2.05, 4.69) is 34.0 Å². The maximum atomic E-state index is 13.2. The molecule has 28 heavy (non-hydrogen) atoms. The molecule has 1 aromatic heterocycles. The summed E-state index contributed by atoms with van der Waals surface area (Å²) in [6.45, 7) is 6.19. The highest BCUT2D eigenvalue weighted by molar-refractivity contribution is 6.15. The molecule has 150 valence electrons. The van der Waals surface area contributed by atoms with Gasteiger partial charge >= 0.3 is 6.18 Å². The summed E-state index contributed by atoms with van der Waals surface area (Å²) in [4.78, 5) is 4.44. The molecule has 1 aliphatic rings. The molecule has 1 heterocycles. The van der Waals surface area contributed by atoms with Crippen LogP contribution in [0, 0.1) is 5.92 Å². The Bertz CT molecular complexity index is 902. The van der Waals surface area contributed by atoms with E-state index in [1.54, 1.807) is 6.07 Å². The summed E-state index contributed by atoms with van der Waals surface area (Å²) < 4.78 is 39.7. The zero-order valence-electron chi connectivity index (χ0n) is 15.7. The molecule has 3 rings (SSSR count). The minimum absolute atomic E-state index is 0.0806. The molecule has 0 aliphatic heterocycles. The van der Waals surface area contributed by atoms with E-state index in [0.717, 1.165) is 37.7 Å². The quantitative estimate of drug-likeness (QED) is 0.658. The molecular weight excluding hydrogens is 367 g/mol. The van der Waals surface area contributed by atoms with Crippen LogP contribution in [0.15, 0.2) is 47.9 Å². The molecule has 0 spiro atoms. The van der Waals surface area contributed by atoms with Crippen molar-refractivity contribution in [3.05, 3.63) is 54.1 Å². The number of benzene rings is 1. The molecule has 0 amide bonds. The first-order valence-corrected chi connectivity index (χ1v) is 9.26. The largest absolute Gasteiger partial charge is 0.418 e. The maximum Gasteiger partial charge on any atom is 0.418 e. The molecule has 1 saturated carbocycles. The molecule has 1 aromatic carbocycles. The average Bonchev–Trinajstić information content (AvgIpc) is 3.06. The number of aromatic nitrogens is 2. The number of rotatable bonds is 5. The molecule has 0 unspecified atom stereocenters. The predicted octanol–water partition coefficient (Wildman–Crippen LogP) is 4.48. The van der Waals surface area contributed by atoms with Gasteiger partial charge in [0.25, 0.3) is 0 Å². The Kier molecular flexibility index (Phi) is 5.76. The predicted molar refractivity (Wildman–Crippen MR) is 105 cm³/mol. The number of nitrogens with zero attached hydrogens (tertiary/aromatic N) is 2. The van der Waals surface area contributed by atoms with Gasteiger partial charge in [-0.1, -0.05) is 25.6 Å². The SMILES string of the molecule is C=C(/N=C(\C=C/N)c1n[nH]c2c(C(F)(F)F)cccc12)N[C@H]1CC[C@H](C)CC1. The van der Waals surface area contributed by atoms with Gasteiger partial charge in [-0.25, -0.2) is 4.99 Å². The van der Waals surface area contributed by atoms with Crippen LogP contribution in [0.3, 0.4) is 0 Å². The Morgan fingerprint density at radius 3 is 2.68 bits per heavy atom. The number of nitrogens with two attached hydrogens (primary N) is 1. The lowest BCUT2D eigenvalue weighted by Gasteiger charge is -2.27. The van der Waals surface area contributed by atoms with Crippen molar-refractivity contribution in [2.75, 3.05) is 0 Å². The molecule has 5 nitrogen and oxygen atoms in total.